The van der Waals surface area contributed by atoms with Crippen molar-refractivity contribution in [2.24, 2.45) is 0 Å². The average molecular weight is 313 g/mol. The van der Waals surface area contributed by atoms with Gasteiger partial charge in [0.15, 0.2) is 9.84 Å². The zero-order valence-corrected chi connectivity index (χ0v) is 12.8. The van der Waals surface area contributed by atoms with Crippen LogP contribution >= 0.6 is 0 Å². The minimum Gasteiger partial charge on any atom is -0.480 e. The molecule has 0 saturated heterocycles. The third-order valence-corrected chi connectivity index (χ3v) is 4.81. The second-order valence-electron chi connectivity index (χ2n) is 4.55. The summed E-state index contributed by atoms with van der Waals surface area (Å²) < 4.78 is 24.0. The van der Waals surface area contributed by atoms with Crippen LogP contribution in [0.15, 0.2) is 29.2 Å². The number of hydrogen-bond acceptors (Lipinski definition) is 4. The predicted octanol–water partition coefficient (Wildman–Crippen LogP) is 1.46. The lowest BCUT2D eigenvalue weighted by Gasteiger charge is -2.15. The molecule has 1 amide bonds. The molecule has 116 valence electrons. The Balaban J connectivity index is 3.11. The number of carbonyl (C=O) groups is 2. The van der Waals surface area contributed by atoms with Crippen LogP contribution in [-0.4, -0.2) is 37.2 Å². The number of carboxylic acid groups (broad SMARTS) is 1. The highest BCUT2D eigenvalue weighted by atomic mass is 32.2. The van der Waals surface area contributed by atoms with Gasteiger partial charge in [0, 0.05) is 0 Å². The molecule has 0 aliphatic carbocycles. The van der Waals surface area contributed by atoms with E-state index in [9.17, 15) is 18.0 Å². The first-order chi connectivity index (χ1) is 9.83. The van der Waals surface area contributed by atoms with Crippen molar-refractivity contribution in [1.29, 1.82) is 0 Å². The van der Waals surface area contributed by atoms with E-state index in [0.717, 1.165) is 0 Å². The Hall–Kier alpha value is -1.89. The Labute approximate surface area is 124 Å². The number of aliphatic carboxylic acids is 1. The first kappa shape index (κ1) is 17.2. The van der Waals surface area contributed by atoms with Crippen molar-refractivity contribution < 1.29 is 23.1 Å². The molecule has 21 heavy (non-hydrogen) atoms. The fourth-order valence-electron chi connectivity index (χ4n) is 1.86. The Morgan fingerprint density at radius 1 is 1.24 bits per heavy atom. The SMILES string of the molecule is CCC[C@H](NC(=O)c1ccccc1S(=O)(=O)CC)C(=O)O. The van der Waals surface area contributed by atoms with Crippen molar-refractivity contribution in [3.8, 4) is 0 Å². The molecule has 0 spiro atoms. The molecule has 2 N–H and O–H groups in total. The zero-order chi connectivity index (χ0) is 16.0. The molecular weight excluding hydrogens is 294 g/mol. The summed E-state index contributed by atoms with van der Waals surface area (Å²) in [4.78, 5) is 23.2. The average Bonchev–Trinajstić information content (AvgIpc) is 2.46. The second kappa shape index (κ2) is 7.21. The highest BCUT2D eigenvalue weighted by molar-refractivity contribution is 7.91. The number of carbonyl (C=O) groups excluding carboxylic acids is 1. The normalized spacial score (nSPS) is 12.7. The first-order valence-corrected chi connectivity index (χ1v) is 8.34. The molecule has 0 aromatic heterocycles. The Morgan fingerprint density at radius 2 is 1.86 bits per heavy atom. The van der Waals surface area contributed by atoms with Gasteiger partial charge in [-0.3, -0.25) is 4.79 Å². The van der Waals surface area contributed by atoms with Gasteiger partial charge in [-0.1, -0.05) is 32.4 Å². The molecule has 1 aromatic rings. The summed E-state index contributed by atoms with van der Waals surface area (Å²) >= 11 is 0. The summed E-state index contributed by atoms with van der Waals surface area (Å²) in [5.41, 5.74) is -0.0262. The van der Waals surface area contributed by atoms with Gasteiger partial charge in [0.1, 0.15) is 6.04 Å². The quantitative estimate of drug-likeness (QED) is 0.793. The maximum absolute atomic E-state index is 12.2. The standard InChI is InChI=1S/C14H19NO5S/c1-3-7-11(14(17)18)15-13(16)10-8-5-6-9-12(10)21(19,20)4-2/h5-6,8-9,11H,3-4,7H2,1-2H3,(H,15,16)(H,17,18)/t11-/m0/s1. The van der Waals surface area contributed by atoms with Gasteiger partial charge in [0.05, 0.1) is 16.2 Å². The molecule has 0 aliphatic heterocycles. The summed E-state index contributed by atoms with van der Waals surface area (Å²) in [5, 5.41) is 11.4. The van der Waals surface area contributed by atoms with Crippen LogP contribution in [0.4, 0.5) is 0 Å². The maximum atomic E-state index is 12.2. The Bertz CT molecular complexity index is 624. The van der Waals surface area contributed by atoms with E-state index in [-0.39, 0.29) is 22.6 Å². The van der Waals surface area contributed by atoms with Crippen LogP contribution in [0.1, 0.15) is 37.0 Å². The van der Waals surface area contributed by atoms with E-state index < -0.39 is 27.8 Å². The molecule has 0 fully saturated rings. The van der Waals surface area contributed by atoms with Crippen molar-refractivity contribution in [1.82, 2.24) is 5.32 Å². The van der Waals surface area contributed by atoms with Gasteiger partial charge in [0.2, 0.25) is 0 Å². The predicted molar refractivity (Wildman–Crippen MR) is 78.0 cm³/mol. The van der Waals surface area contributed by atoms with Gasteiger partial charge in [-0.25, -0.2) is 13.2 Å². The fraction of sp³-hybridized carbons (Fsp3) is 0.429. The summed E-state index contributed by atoms with van der Waals surface area (Å²) in [6.45, 7) is 3.29. The molecular formula is C14H19NO5S. The number of sulfone groups is 1. The molecule has 0 heterocycles. The van der Waals surface area contributed by atoms with E-state index >= 15 is 0 Å². The van der Waals surface area contributed by atoms with E-state index in [2.05, 4.69) is 5.32 Å². The van der Waals surface area contributed by atoms with Gasteiger partial charge in [-0.05, 0) is 18.6 Å². The van der Waals surface area contributed by atoms with Gasteiger partial charge in [0.25, 0.3) is 5.91 Å². The molecule has 0 radical (unpaired) electrons. The lowest BCUT2D eigenvalue weighted by molar-refractivity contribution is -0.139. The molecule has 1 rings (SSSR count). The largest absolute Gasteiger partial charge is 0.480 e. The van der Waals surface area contributed by atoms with Crippen LogP contribution in [0.2, 0.25) is 0 Å². The minimum atomic E-state index is -3.55. The summed E-state index contributed by atoms with van der Waals surface area (Å²) in [5.74, 6) is -1.96. The topological polar surface area (TPSA) is 101 Å². The van der Waals surface area contributed by atoms with Crippen LogP contribution in [0.25, 0.3) is 0 Å². The van der Waals surface area contributed by atoms with Crippen LogP contribution in [0.5, 0.6) is 0 Å². The fourth-order valence-corrected chi connectivity index (χ4v) is 2.96. The monoisotopic (exact) mass is 313 g/mol. The van der Waals surface area contributed by atoms with Gasteiger partial charge < -0.3 is 10.4 Å². The van der Waals surface area contributed by atoms with Gasteiger partial charge >= 0.3 is 5.97 Å². The third-order valence-electron chi connectivity index (χ3n) is 3.03. The number of carboxylic acids is 1. The van der Waals surface area contributed by atoms with E-state index in [0.29, 0.717) is 6.42 Å². The minimum absolute atomic E-state index is 0.0262. The van der Waals surface area contributed by atoms with Crippen molar-refractivity contribution in [2.45, 2.75) is 37.6 Å². The summed E-state index contributed by atoms with van der Waals surface area (Å²) in [6, 6.07) is 4.77. The third kappa shape index (κ3) is 4.29. The van der Waals surface area contributed by atoms with Crippen molar-refractivity contribution in [3.05, 3.63) is 29.8 Å². The zero-order valence-electron chi connectivity index (χ0n) is 12.0. The van der Waals surface area contributed by atoms with E-state index in [1.54, 1.807) is 13.0 Å². The molecule has 0 aliphatic rings. The van der Waals surface area contributed by atoms with Gasteiger partial charge in [-0.15, -0.1) is 0 Å². The molecule has 0 unspecified atom stereocenters. The molecule has 0 saturated carbocycles. The molecule has 0 bridgehead atoms. The number of hydrogen-bond donors (Lipinski definition) is 2. The number of rotatable bonds is 7. The van der Waals surface area contributed by atoms with E-state index in [4.69, 9.17) is 5.11 Å². The second-order valence-corrected chi connectivity index (χ2v) is 6.80. The highest BCUT2D eigenvalue weighted by Crippen LogP contribution is 2.17. The molecule has 7 heteroatoms. The van der Waals surface area contributed by atoms with Crippen molar-refractivity contribution in [3.63, 3.8) is 0 Å². The smallest absolute Gasteiger partial charge is 0.326 e. The van der Waals surface area contributed by atoms with Crippen molar-refractivity contribution in [2.75, 3.05) is 5.75 Å². The molecule has 1 aromatic carbocycles. The lowest BCUT2D eigenvalue weighted by Crippen LogP contribution is -2.41. The number of amides is 1. The number of benzene rings is 1. The maximum Gasteiger partial charge on any atom is 0.326 e. The Morgan fingerprint density at radius 3 is 2.38 bits per heavy atom. The highest BCUT2D eigenvalue weighted by Gasteiger charge is 2.24. The number of nitrogens with one attached hydrogen (secondary N) is 1. The van der Waals surface area contributed by atoms with E-state index in [1.165, 1.54) is 25.1 Å². The summed E-state index contributed by atoms with van der Waals surface area (Å²) in [6.07, 6.45) is 0.871. The van der Waals surface area contributed by atoms with Crippen molar-refractivity contribution >= 4 is 21.7 Å². The molecule has 6 nitrogen and oxygen atoms in total. The van der Waals surface area contributed by atoms with Crippen LogP contribution in [0, 0.1) is 0 Å². The van der Waals surface area contributed by atoms with Crippen LogP contribution in [0.3, 0.4) is 0 Å². The lowest BCUT2D eigenvalue weighted by atomic mass is 10.1. The summed E-state index contributed by atoms with van der Waals surface area (Å²) in [7, 11) is -3.55. The first-order valence-electron chi connectivity index (χ1n) is 6.69. The van der Waals surface area contributed by atoms with Crippen LogP contribution in [-0.2, 0) is 14.6 Å². The van der Waals surface area contributed by atoms with E-state index in [1.807, 2.05) is 0 Å². The Kier molecular flexibility index (Phi) is 5.90. The van der Waals surface area contributed by atoms with Crippen LogP contribution < -0.4 is 5.32 Å². The van der Waals surface area contributed by atoms with Gasteiger partial charge in [-0.2, -0.15) is 0 Å². The molecule has 1 atom stereocenters.